The SMILES string of the molecule is C/C1=C/C[C@@H](/C(C)=C/c2csc(C)n2)OC(=O)C[C@H](O)C(C)(C)C(=O)[C@H](C)[C@@H](O)[C@@H](C)CCC1.C=C/C=C\[C@H](C)[C@H](OC(N)=O)[C@@H](C)[C@H](O)[C@@H](C)C/C(C)=C\[C@H](C)[C@@H](O)[C@@H](C)/C=C\[C@@H](O)C[C@@H]1OC(=O)[C@H](C)[C@@H](O)[C@H]1C. The third-order valence-electron chi connectivity index (χ3n) is 15.7. The highest BCUT2D eigenvalue weighted by Gasteiger charge is 2.43. The topological polar surface area (TPSA) is 256 Å². The standard InChI is InChI=1S/C33H55NO8.C27H41NO5S/c1-10-11-12-20(4)31(42-33(34)40)24(8)29(37)22(6)16-18(2)15-21(5)28(36)19(3)13-14-26(35)17-27-23(7)30(38)25(9)32(39)41-27;1-16-9-8-10-17(2)25(31)19(4)26(32)27(6,7)23(29)14-24(30)33-22(12-11-16)18(3)13-21-15-34-20(5)28-21/h10-15,19-31,35-38H,1,16-17H2,2-9H3,(H2,34,40);11,13,15,17,19,22-23,25,29,31H,8-10,12,14H2,1-7H3/b12-11-,14-13-,18-15-;16-11-,18-13+/t19-,20-,21-,22-,23-,24-,25+,26+,27-,28-,29+,30-,31-;17-,19+,22-,23-,25-/m00/s1. The van der Waals surface area contributed by atoms with Crippen molar-refractivity contribution < 1.29 is 64.0 Å². The Bertz CT molecular complexity index is 2180. The van der Waals surface area contributed by atoms with Crippen LogP contribution in [0.2, 0.25) is 0 Å². The van der Waals surface area contributed by atoms with Gasteiger partial charge >= 0.3 is 18.0 Å². The second-order valence-corrected chi connectivity index (χ2v) is 23.9. The summed E-state index contributed by atoms with van der Waals surface area (Å²) in [6, 6.07) is 0. The smallest absolute Gasteiger partial charge is 0.404 e. The molecule has 0 aliphatic carbocycles. The van der Waals surface area contributed by atoms with Crippen molar-refractivity contribution >= 4 is 41.2 Å². The first-order valence-electron chi connectivity index (χ1n) is 27.2. The van der Waals surface area contributed by atoms with Crippen LogP contribution in [0.25, 0.3) is 6.08 Å². The quantitative estimate of drug-likeness (QED) is 0.0313. The van der Waals surface area contributed by atoms with E-state index in [0.29, 0.717) is 12.8 Å². The second kappa shape index (κ2) is 31.9. The number of aryl methyl sites for hydroxylation is 1. The van der Waals surface area contributed by atoms with Gasteiger partial charge in [0.25, 0.3) is 0 Å². The fourth-order valence-corrected chi connectivity index (χ4v) is 10.8. The van der Waals surface area contributed by atoms with Crippen LogP contribution in [0, 0.1) is 65.6 Å². The van der Waals surface area contributed by atoms with Gasteiger partial charge in [-0.1, -0.05) is 129 Å². The largest absolute Gasteiger partial charge is 0.462 e. The van der Waals surface area contributed by atoms with E-state index in [1.165, 1.54) is 5.57 Å². The van der Waals surface area contributed by atoms with Crippen LogP contribution in [0.3, 0.4) is 0 Å². The maximum atomic E-state index is 13.2. The first-order valence-corrected chi connectivity index (χ1v) is 28.1. The van der Waals surface area contributed by atoms with Crippen molar-refractivity contribution in [2.45, 2.75) is 204 Å². The monoisotopic (exact) mass is 1080 g/mol. The van der Waals surface area contributed by atoms with Gasteiger partial charge in [0.1, 0.15) is 24.1 Å². The van der Waals surface area contributed by atoms with Crippen LogP contribution in [0.1, 0.15) is 153 Å². The van der Waals surface area contributed by atoms with E-state index in [9.17, 15) is 49.8 Å². The number of nitrogens with two attached hydrogens (primary N) is 1. The van der Waals surface area contributed by atoms with Gasteiger partial charge in [-0.2, -0.15) is 0 Å². The highest BCUT2D eigenvalue weighted by atomic mass is 32.1. The van der Waals surface area contributed by atoms with Crippen LogP contribution < -0.4 is 5.73 Å². The van der Waals surface area contributed by atoms with E-state index in [1.807, 2.05) is 85.9 Å². The number of nitrogens with zero attached hydrogens (tertiary/aromatic N) is 1. The summed E-state index contributed by atoms with van der Waals surface area (Å²) in [6.45, 7) is 31.3. The zero-order chi connectivity index (χ0) is 57.9. The average Bonchev–Trinajstić information content (AvgIpc) is 3.77. The van der Waals surface area contributed by atoms with Crippen molar-refractivity contribution in [3.05, 3.63) is 81.9 Å². The molecule has 430 valence electrons. The van der Waals surface area contributed by atoms with Crippen molar-refractivity contribution in [2.24, 2.45) is 64.4 Å². The molecule has 76 heavy (non-hydrogen) atoms. The van der Waals surface area contributed by atoms with Gasteiger partial charge in [0.15, 0.2) is 0 Å². The summed E-state index contributed by atoms with van der Waals surface area (Å²) in [4.78, 5) is 53.9. The van der Waals surface area contributed by atoms with E-state index in [4.69, 9.17) is 19.9 Å². The number of cyclic esters (lactones) is 2. The molecular formula is C60H96N2O13S. The van der Waals surface area contributed by atoms with Gasteiger partial charge in [0.2, 0.25) is 0 Å². The molecule has 2 aliphatic heterocycles. The highest BCUT2D eigenvalue weighted by Crippen LogP contribution is 2.34. The number of amides is 1. The third-order valence-corrected chi connectivity index (χ3v) is 16.5. The number of ketones is 1. The maximum Gasteiger partial charge on any atom is 0.404 e. The third kappa shape index (κ3) is 21.2. The number of hydrogen-bond acceptors (Lipinski definition) is 15. The zero-order valence-corrected chi connectivity index (χ0v) is 49.0. The van der Waals surface area contributed by atoms with Gasteiger partial charge in [-0.25, -0.2) is 9.78 Å². The Morgan fingerprint density at radius 3 is 2.16 bits per heavy atom. The first-order chi connectivity index (χ1) is 35.3. The lowest BCUT2D eigenvalue weighted by molar-refractivity contribution is -0.179. The molecule has 3 rings (SSSR count). The van der Waals surface area contributed by atoms with Crippen molar-refractivity contribution in [3.63, 3.8) is 0 Å². The van der Waals surface area contributed by atoms with Crippen LogP contribution in [-0.2, 0) is 28.6 Å². The molecule has 0 aromatic carbocycles. The lowest BCUT2D eigenvalue weighted by atomic mass is 9.73. The Balaban J connectivity index is 0.000000531. The molecule has 3 heterocycles. The number of esters is 2. The van der Waals surface area contributed by atoms with E-state index in [0.717, 1.165) is 41.1 Å². The summed E-state index contributed by atoms with van der Waals surface area (Å²) in [5.74, 6) is -4.01. The number of Topliss-reactive ketones (excluding diaryl/α,β-unsaturated/α-hetero) is 1. The number of aliphatic hydroxyl groups excluding tert-OH is 6. The Labute approximate surface area is 458 Å². The number of aliphatic hydroxyl groups is 6. The number of primary amides is 1. The molecule has 1 saturated heterocycles. The molecule has 0 spiro atoms. The van der Waals surface area contributed by atoms with Crippen LogP contribution in [0.5, 0.6) is 0 Å². The van der Waals surface area contributed by atoms with Gasteiger partial charge in [-0.15, -0.1) is 11.3 Å². The van der Waals surface area contributed by atoms with E-state index < -0.39 is 90.2 Å². The molecule has 1 aromatic rings. The summed E-state index contributed by atoms with van der Waals surface area (Å²) in [5, 5.41) is 67.3. The minimum absolute atomic E-state index is 0.0444. The van der Waals surface area contributed by atoms with Crippen LogP contribution in [0.4, 0.5) is 4.79 Å². The fraction of sp³-hybridized carbons (Fsp3) is 0.683. The maximum absolute atomic E-state index is 13.2. The van der Waals surface area contributed by atoms with Crippen LogP contribution in [-0.4, -0.2) is 114 Å². The molecule has 0 unspecified atom stereocenters. The molecule has 2 aliphatic rings. The minimum atomic E-state index is -1.21. The molecule has 1 amide bonds. The average molecular weight is 1090 g/mol. The van der Waals surface area contributed by atoms with Gasteiger partial charge in [-0.05, 0) is 83.8 Å². The van der Waals surface area contributed by atoms with Crippen molar-refractivity contribution in [2.75, 3.05) is 0 Å². The lowest BCUT2D eigenvalue weighted by Gasteiger charge is -2.36. The summed E-state index contributed by atoms with van der Waals surface area (Å²) in [6.07, 6.45) is 10.4. The normalized spacial score (nSPS) is 30.0. The predicted octanol–water partition coefficient (Wildman–Crippen LogP) is 9.56. The van der Waals surface area contributed by atoms with Gasteiger partial charge in [0, 0.05) is 53.7 Å². The predicted molar refractivity (Wildman–Crippen MR) is 300 cm³/mol. The van der Waals surface area contributed by atoms with Crippen LogP contribution in [0.15, 0.2) is 71.2 Å². The molecule has 0 saturated carbocycles. The number of carbonyl (C=O) groups excluding carboxylic acids is 4. The summed E-state index contributed by atoms with van der Waals surface area (Å²) in [7, 11) is 0. The van der Waals surface area contributed by atoms with Gasteiger partial charge in [0.05, 0.1) is 65.1 Å². The molecule has 16 heteroatoms. The number of rotatable bonds is 18. The molecular weight excluding hydrogens is 989 g/mol. The molecule has 15 nitrogen and oxygen atoms in total. The van der Waals surface area contributed by atoms with Gasteiger partial charge in [-0.3, -0.25) is 14.4 Å². The molecule has 18 atom stereocenters. The fourth-order valence-electron chi connectivity index (χ4n) is 10.2. The Morgan fingerprint density at radius 2 is 1.57 bits per heavy atom. The number of hydrogen-bond donors (Lipinski definition) is 7. The Kier molecular flexibility index (Phi) is 28.5. The number of ether oxygens (including phenoxy) is 3. The number of aromatic nitrogens is 1. The number of allylic oxidation sites excluding steroid dienone is 4. The minimum Gasteiger partial charge on any atom is -0.462 e. The first kappa shape index (κ1) is 67.8. The highest BCUT2D eigenvalue weighted by molar-refractivity contribution is 7.09. The van der Waals surface area contributed by atoms with Crippen molar-refractivity contribution in [3.8, 4) is 0 Å². The molecule has 8 N–H and O–H groups in total. The van der Waals surface area contributed by atoms with E-state index in [1.54, 1.807) is 70.3 Å². The van der Waals surface area contributed by atoms with Crippen LogP contribution >= 0.6 is 11.3 Å². The summed E-state index contributed by atoms with van der Waals surface area (Å²) < 4.78 is 16.6. The number of thiazole rings is 1. The Morgan fingerprint density at radius 1 is 0.921 bits per heavy atom. The number of carbonyl (C=O) groups is 4. The van der Waals surface area contributed by atoms with E-state index in [-0.39, 0.29) is 60.1 Å². The Hall–Kier alpha value is -4.29. The molecule has 1 fully saturated rings. The van der Waals surface area contributed by atoms with E-state index >= 15 is 0 Å². The second-order valence-electron chi connectivity index (χ2n) is 22.8. The van der Waals surface area contributed by atoms with E-state index in [2.05, 4.69) is 24.6 Å². The molecule has 0 radical (unpaired) electrons. The lowest BCUT2D eigenvalue weighted by Crippen LogP contribution is -2.47. The van der Waals surface area contributed by atoms with Crippen molar-refractivity contribution in [1.29, 1.82) is 0 Å². The summed E-state index contributed by atoms with van der Waals surface area (Å²) in [5.41, 5.74) is 8.01. The van der Waals surface area contributed by atoms with Gasteiger partial charge < -0.3 is 50.6 Å². The summed E-state index contributed by atoms with van der Waals surface area (Å²) >= 11 is 1.56. The molecule has 0 bridgehead atoms. The van der Waals surface area contributed by atoms with Crippen molar-refractivity contribution in [1.82, 2.24) is 4.98 Å². The molecule has 1 aromatic heterocycles. The zero-order valence-electron chi connectivity index (χ0n) is 48.2.